The molecule has 34 heavy (non-hydrogen) atoms. The molecule has 0 amide bonds. The summed E-state index contributed by atoms with van der Waals surface area (Å²) in [6.07, 6.45) is 3.32. The van der Waals surface area contributed by atoms with Crippen molar-refractivity contribution in [1.29, 1.82) is 0 Å². The molecule has 8 nitrogen and oxygen atoms in total. The van der Waals surface area contributed by atoms with E-state index < -0.39 is 5.95 Å². The molecule has 0 radical (unpaired) electrons. The number of fused-ring (bicyclic) bond motifs is 3. The van der Waals surface area contributed by atoms with Crippen molar-refractivity contribution in [2.45, 2.75) is 18.9 Å². The van der Waals surface area contributed by atoms with E-state index in [0.717, 1.165) is 41.3 Å². The average molecular weight is 466 g/mol. The molecule has 5 rings (SSSR count). The standard InChI is InChI=1S/C25H28FN5O3/c1-29(2)10-4-11-34-22-8-6-18(24(26)28-22)16-5-7-20-19(13-16)23-21(14-27-20)30(3)25(32)31(23)17-9-12-33-15-17/h5-8,13-14,17H,4,9-12,15H2,1-3H3. The van der Waals surface area contributed by atoms with E-state index in [1.807, 2.05) is 32.3 Å². The summed E-state index contributed by atoms with van der Waals surface area (Å²) in [6, 6.07) is 8.89. The Kier molecular flexibility index (Phi) is 6.05. The zero-order valence-electron chi connectivity index (χ0n) is 19.6. The summed E-state index contributed by atoms with van der Waals surface area (Å²) in [7, 11) is 5.74. The second-order valence-electron chi connectivity index (χ2n) is 8.95. The fourth-order valence-electron chi connectivity index (χ4n) is 4.53. The number of rotatable bonds is 7. The SMILES string of the molecule is CN(C)CCCOc1ccc(-c2ccc3ncc4c(c3c2)n(C2CCOC2)c(=O)n4C)c(F)n1. The van der Waals surface area contributed by atoms with E-state index in [1.54, 1.807) is 34.5 Å². The molecule has 4 aromatic rings. The van der Waals surface area contributed by atoms with Crippen LogP contribution in [0.15, 0.2) is 41.3 Å². The fourth-order valence-corrected chi connectivity index (χ4v) is 4.53. The monoisotopic (exact) mass is 465 g/mol. The number of halogens is 1. The van der Waals surface area contributed by atoms with Crippen molar-refractivity contribution < 1.29 is 13.9 Å². The highest BCUT2D eigenvalue weighted by molar-refractivity contribution is 6.04. The molecule has 1 unspecified atom stereocenters. The molecule has 0 spiro atoms. The van der Waals surface area contributed by atoms with Gasteiger partial charge in [-0.05, 0) is 50.7 Å². The molecule has 3 aromatic heterocycles. The molecular weight excluding hydrogens is 437 g/mol. The van der Waals surface area contributed by atoms with Crippen LogP contribution in [0.2, 0.25) is 0 Å². The molecule has 0 saturated carbocycles. The van der Waals surface area contributed by atoms with Crippen LogP contribution >= 0.6 is 0 Å². The van der Waals surface area contributed by atoms with Gasteiger partial charge in [0.15, 0.2) is 0 Å². The normalized spacial score (nSPS) is 16.2. The number of nitrogens with zero attached hydrogens (tertiary/aromatic N) is 5. The van der Waals surface area contributed by atoms with Gasteiger partial charge in [-0.25, -0.2) is 4.79 Å². The molecule has 0 aliphatic carbocycles. The first-order valence-electron chi connectivity index (χ1n) is 11.5. The topological polar surface area (TPSA) is 74.4 Å². The number of pyridine rings is 2. The third-order valence-electron chi connectivity index (χ3n) is 6.32. The van der Waals surface area contributed by atoms with Gasteiger partial charge in [-0.15, -0.1) is 0 Å². The summed E-state index contributed by atoms with van der Waals surface area (Å²) in [4.78, 5) is 23.7. The van der Waals surface area contributed by atoms with E-state index in [-0.39, 0.29) is 17.6 Å². The maximum atomic E-state index is 15.0. The minimum absolute atomic E-state index is 0.0345. The summed E-state index contributed by atoms with van der Waals surface area (Å²) < 4.78 is 29.5. The number of imidazole rings is 1. The van der Waals surface area contributed by atoms with Crippen LogP contribution in [0.1, 0.15) is 18.9 Å². The molecule has 178 valence electrons. The Morgan fingerprint density at radius 3 is 2.85 bits per heavy atom. The number of hydrogen-bond acceptors (Lipinski definition) is 6. The van der Waals surface area contributed by atoms with E-state index in [1.165, 1.54) is 0 Å². The summed E-state index contributed by atoms with van der Waals surface area (Å²) in [5, 5.41) is 0.794. The van der Waals surface area contributed by atoms with Gasteiger partial charge >= 0.3 is 5.69 Å². The molecule has 1 fully saturated rings. The van der Waals surface area contributed by atoms with Crippen LogP contribution in [0, 0.1) is 5.95 Å². The Morgan fingerprint density at radius 2 is 2.12 bits per heavy atom. The first kappa shape index (κ1) is 22.5. The van der Waals surface area contributed by atoms with E-state index in [4.69, 9.17) is 9.47 Å². The second kappa shape index (κ2) is 9.15. The van der Waals surface area contributed by atoms with E-state index in [0.29, 0.717) is 30.9 Å². The highest BCUT2D eigenvalue weighted by Crippen LogP contribution is 2.32. The molecular formula is C25H28FN5O3. The van der Waals surface area contributed by atoms with Gasteiger partial charge in [0, 0.05) is 37.2 Å². The lowest BCUT2D eigenvalue weighted by Gasteiger charge is -2.12. The Hall–Kier alpha value is -3.30. The Labute approximate surface area is 196 Å². The van der Waals surface area contributed by atoms with Gasteiger partial charge in [0.2, 0.25) is 11.8 Å². The van der Waals surface area contributed by atoms with Crippen LogP contribution in [0.5, 0.6) is 5.88 Å². The van der Waals surface area contributed by atoms with Crippen molar-refractivity contribution in [2.75, 3.05) is 40.5 Å². The summed E-state index contributed by atoms with van der Waals surface area (Å²) in [5.74, 6) is -0.331. The van der Waals surface area contributed by atoms with Crippen LogP contribution in [0.25, 0.3) is 33.1 Å². The van der Waals surface area contributed by atoms with Crippen molar-refractivity contribution in [3.05, 3.63) is 53.0 Å². The van der Waals surface area contributed by atoms with Crippen LogP contribution in [-0.2, 0) is 11.8 Å². The maximum Gasteiger partial charge on any atom is 0.329 e. The van der Waals surface area contributed by atoms with Gasteiger partial charge in [0.25, 0.3) is 0 Å². The van der Waals surface area contributed by atoms with E-state index >= 15 is 0 Å². The first-order valence-corrected chi connectivity index (χ1v) is 11.5. The molecule has 1 aliphatic heterocycles. The van der Waals surface area contributed by atoms with Crippen molar-refractivity contribution >= 4 is 21.9 Å². The summed E-state index contributed by atoms with van der Waals surface area (Å²) in [6.45, 7) is 2.48. The smallest absolute Gasteiger partial charge is 0.329 e. The number of ether oxygens (including phenoxy) is 2. The Morgan fingerprint density at radius 1 is 1.26 bits per heavy atom. The summed E-state index contributed by atoms with van der Waals surface area (Å²) >= 11 is 0. The van der Waals surface area contributed by atoms with Gasteiger partial charge < -0.3 is 14.4 Å². The summed E-state index contributed by atoms with van der Waals surface area (Å²) in [5.41, 5.74) is 3.20. The van der Waals surface area contributed by atoms with Crippen molar-refractivity contribution in [2.24, 2.45) is 7.05 Å². The largest absolute Gasteiger partial charge is 0.478 e. The number of benzene rings is 1. The lowest BCUT2D eigenvalue weighted by atomic mass is 10.0. The van der Waals surface area contributed by atoms with Crippen LogP contribution in [0.3, 0.4) is 0 Å². The Balaban J connectivity index is 1.54. The third kappa shape index (κ3) is 4.05. The number of aryl methyl sites for hydroxylation is 1. The highest BCUT2D eigenvalue weighted by atomic mass is 19.1. The predicted molar refractivity (Wildman–Crippen MR) is 129 cm³/mol. The van der Waals surface area contributed by atoms with E-state index in [2.05, 4.69) is 14.9 Å². The highest BCUT2D eigenvalue weighted by Gasteiger charge is 2.25. The van der Waals surface area contributed by atoms with Crippen molar-refractivity contribution in [1.82, 2.24) is 24.0 Å². The molecule has 1 aromatic carbocycles. The van der Waals surface area contributed by atoms with Gasteiger partial charge in [0.1, 0.15) is 0 Å². The van der Waals surface area contributed by atoms with Crippen LogP contribution in [-0.4, -0.2) is 64.5 Å². The zero-order valence-corrected chi connectivity index (χ0v) is 19.6. The van der Waals surface area contributed by atoms with Crippen molar-refractivity contribution in [3.8, 4) is 17.0 Å². The molecule has 1 aliphatic rings. The third-order valence-corrected chi connectivity index (χ3v) is 6.32. The minimum Gasteiger partial charge on any atom is -0.478 e. The average Bonchev–Trinajstić information content (AvgIpc) is 3.43. The fraction of sp³-hybridized carbons (Fsp3) is 0.400. The molecule has 0 N–H and O–H groups in total. The molecule has 4 heterocycles. The Bertz CT molecular complexity index is 1410. The van der Waals surface area contributed by atoms with Crippen molar-refractivity contribution in [3.63, 3.8) is 0 Å². The lowest BCUT2D eigenvalue weighted by Crippen LogP contribution is -2.26. The number of aromatic nitrogens is 4. The molecule has 0 bridgehead atoms. The second-order valence-corrected chi connectivity index (χ2v) is 8.95. The molecule has 1 atom stereocenters. The van der Waals surface area contributed by atoms with E-state index in [9.17, 15) is 9.18 Å². The molecule has 9 heteroatoms. The zero-order chi connectivity index (χ0) is 23.8. The van der Waals surface area contributed by atoms with Gasteiger partial charge in [-0.2, -0.15) is 9.37 Å². The van der Waals surface area contributed by atoms with Gasteiger partial charge in [0.05, 0.1) is 42.0 Å². The first-order chi connectivity index (χ1) is 16.4. The lowest BCUT2D eigenvalue weighted by molar-refractivity contribution is 0.186. The van der Waals surface area contributed by atoms with Crippen LogP contribution < -0.4 is 10.4 Å². The molecule has 1 saturated heterocycles. The van der Waals surface area contributed by atoms with Gasteiger partial charge in [-0.1, -0.05) is 6.07 Å². The predicted octanol–water partition coefficient (Wildman–Crippen LogP) is 3.38. The van der Waals surface area contributed by atoms with Crippen LogP contribution in [0.4, 0.5) is 4.39 Å². The quantitative estimate of drug-likeness (QED) is 0.308. The maximum absolute atomic E-state index is 15.0. The van der Waals surface area contributed by atoms with Gasteiger partial charge in [-0.3, -0.25) is 14.1 Å². The number of hydrogen-bond donors (Lipinski definition) is 0. The minimum atomic E-state index is -0.598.